The third-order valence-corrected chi connectivity index (χ3v) is 4.43. The van der Waals surface area contributed by atoms with E-state index in [9.17, 15) is 9.59 Å². The Morgan fingerprint density at radius 3 is 2.35 bits per heavy atom. The molecule has 1 aliphatic heterocycles. The molecule has 23 heavy (non-hydrogen) atoms. The van der Waals surface area contributed by atoms with Crippen molar-refractivity contribution in [3.63, 3.8) is 0 Å². The van der Waals surface area contributed by atoms with Crippen LogP contribution in [-0.4, -0.2) is 29.7 Å². The van der Waals surface area contributed by atoms with E-state index in [1.54, 1.807) is 12.1 Å². The summed E-state index contributed by atoms with van der Waals surface area (Å²) in [4.78, 5) is 26.8. The molecule has 0 aliphatic carbocycles. The topological polar surface area (TPSA) is 37.4 Å². The average Bonchev–Trinajstić information content (AvgIpc) is 2.62. The summed E-state index contributed by atoms with van der Waals surface area (Å²) >= 11 is 0. The number of rotatable bonds is 3. The van der Waals surface area contributed by atoms with Gasteiger partial charge in [-0.15, -0.1) is 0 Å². The molecule has 1 amide bonds. The summed E-state index contributed by atoms with van der Waals surface area (Å²) in [5.74, 6) is 0.219. The van der Waals surface area contributed by atoms with E-state index >= 15 is 0 Å². The summed E-state index contributed by atoms with van der Waals surface area (Å²) in [7, 11) is 0. The number of amides is 1. The number of likely N-dealkylation sites (tertiary alicyclic amines) is 1. The Labute approximate surface area is 136 Å². The van der Waals surface area contributed by atoms with Crippen LogP contribution < -0.4 is 0 Å². The minimum atomic E-state index is 0.00633. The first-order valence-electron chi connectivity index (χ1n) is 8.02. The molecule has 0 saturated carbocycles. The molecule has 3 nitrogen and oxygen atoms in total. The molecule has 0 spiro atoms. The van der Waals surface area contributed by atoms with E-state index in [-0.39, 0.29) is 17.6 Å². The van der Waals surface area contributed by atoms with Gasteiger partial charge in [0.05, 0.1) is 0 Å². The molecule has 3 heteroatoms. The molecule has 1 aliphatic rings. The normalized spacial score (nSPS) is 15.4. The molecule has 0 aromatic heterocycles. The van der Waals surface area contributed by atoms with Gasteiger partial charge in [0, 0.05) is 30.1 Å². The molecule has 3 rings (SSSR count). The van der Waals surface area contributed by atoms with Crippen molar-refractivity contribution in [1.29, 1.82) is 0 Å². The van der Waals surface area contributed by atoms with E-state index in [4.69, 9.17) is 0 Å². The zero-order valence-electron chi connectivity index (χ0n) is 13.3. The fourth-order valence-corrected chi connectivity index (χ4v) is 3.00. The second-order valence-corrected chi connectivity index (χ2v) is 6.07. The molecule has 0 unspecified atom stereocenters. The Hall–Kier alpha value is -2.42. The maximum Gasteiger partial charge on any atom is 0.254 e. The summed E-state index contributed by atoms with van der Waals surface area (Å²) in [6.07, 6.45) is 1.45. The smallest absolute Gasteiger partial charge is 0.254 e. The predicted octanol–water partition coefficient (Wildman–Crippen LogP) is 3.53. The Bertz CT molecular complexity index is 683. The van der Waals surface area contributed by atoms with E-state index in [2.05, 4.69) is 6.07 Å². The van der Waals surface area contributed by atoms with E-state index in [1.807, 2.05) is 48.2 Å². The van der Waals surface area contributed by atoms with Crippen molar-refractivity contribution < 1.29 is 9.59 Å². The Morgan fingerprint density at radius 2 is 1.74 bits per heavy atom. The van der Waals surface area contributed by atoms with Crippen molar-refractivity contribution in [3.05, 3.63) is 71.3 Å². The highest BCUT2D eigenvalue weighted by atomic mass is 16.2. The van der Waals surface area contributed by atoms with Crippen LogP contribution in [0.25, 0.3) is 0 Å². The Balaban J connectivity index is 1.61. The fraction of sp³-hybridized carbons (Fsp3) is 0.300. The minimum Gasteiger partial charge on any atom is -0.339 e. The number of hydrogen-bond donors (Lipinski definition) is 0. The number of carbonyl (C=O) groups is 2. The summed E-state index contributed by atoms with van der Waals surface area (Å²) in [5.41, 5.74) is 2.52. The third kappa shape index (κ3) is 3.50. The van der Waals surface area contributed by atoms with Crippen molar-refractivity contribution >= 4 is 11.7 Å². The lowest BCUT2D eigenvalue weighted by Crippen LogP contribution is -2.40. The minimum absolute atomic E-state index is 0.00633. The highest BCUT2D eigenvalue weighted by Crippen LogP contribution is 2.23. The molecular weight excluding hydrogens is 286 g/mol. The average molecular weight is 306 g/mol. The van der Waals surface area contributed by atoms with Gasteiger partial charge in [-0.1, -0.05) is 48.0 Å². The zero-order valence-corrected chi connectivity index (χ0v) is 13.3. The van der Waals surface area contributed by atoms with Gasteiger partial charge in [0.2, 0.25) is 0 Å². The van der Waals surface area contributed by atoms with Crippen LogP contribution in [0.15, 0.2) is 48.5 Å². The molecule has 0 bridgehead atoms. The quantitative estimate of drug-likeness (QED) is 0.814. The third-order valence-electron chi connectivity index (χ3n) is 4.43. The molecule has 0 atom stereocenters. The van der Waals surface area contributed by atoms with Crippen LogP contribution in [0, 0.1) is 18.9 Å². The predicted molar refractivity (Wildman–Crippen MR) is 89.4 cm³/mol. The molecule has 1 radical (unpaired) electrons. The molecule has 2 aromatic carbocycles. The molecule has 0 N–H and O–H groups in total. The van der Waals surface area contributed by atoms with Crippen LogP contribution in [0.2, 0.25) is 0 Å². The van der Waals surface area contributed by atoms with Gasteiger partial charge in [-0.3, -0.25) is 9.59 Å². The first kappa shape index (κ1) is 15.5. The highest BCUT2D eigenvalue weighted by molar-refractivity contribution is 5.98. The number of aryl methyl sites for hydroxylation is 1. The van der Waals surface area contributed by atoms with Gasteiger partial charge in [-0.05, 0) is 31.9 Å². The van der Waals surface area contributed by atoms with Gasteiger partial charge < -0.3 is 4.90 Å². The standard InChI is InChI=1S/C20H20NO2/c1-15-7-9-16(10-8-15)19(22)17-11-13-21(14-12-17)20(23)18-5-3-2-4-6-18/h2-5,7-10,17H,11-14H2,1H3. The van der Waals surface area contributed by atoms with Crippen molar-refractivity contribution in [2.75, 3.05) is 13.1 Å². The number of ketones is 1. The van der Waals surface area contributed by atoms with Gasteiger partial charge in [-0.2, -0.15) is 0 Å². The van der Waals surface area contributed by atoms with Gasteiger partial charge >= 0.3 is 0 Å². The van der Waals surface area contributed by atoms with E-state index in [1.165, 1.54) is 0 Å². The van der Waals surface area contributed by atoms with Crippen LogP contribution in [0.5, 0.6) is 0 Å². The summed E-state index contributed by atoms with van der Waals surface area (Å²) in [6.45, 7) is 3.27. The zero-order chi connectivity index (χ0) is 16.2. The van der Waals surface area contributed by atoms with Gasteiger partial charge in [-0.25, -0.2) is 0 Å². The van der Waals surface area contributed by atoms with Crippen LogP contribution in [-0.2, 0) is 0 Å². The maximum absolute atomic E-state index is 12.5. The second-order valence-electron chi connectivity index (χ2n) is 6.07. The molecule has 117 valence electrons. The van der Waals surface area contributed by atoms with Crippen molar-refractivity contribution in [1.82, 2.24) is 4.90 Å². The molecule has 1 saturated heterocycles. The lowest BCUT2D eigenvalue weighted by atomic mass is 9.88. The van der Waals surface area contributed by atoms with Crippen molar-refractivity contribution in [2.45, 2.75) is 19.8 Å². The van der Waals surface area contributed by atoms with E-state index < -0.39 is 0 Å². The Kier molecular flexibility index (Phi) is 4.56. The molecular formula is C20H20NO2. The first-order chi connectivity index (χ1) is 11.1. The Morgan fingerprint density at radius 1 is 1.04 bits per heavy atom. The monoisotopic (exact) mass is 306 g/mol. The van der Waals surface area contributed by atoms with E-state index in [0.29, 0.717) is 18.7 Å². The van der Waals surface area contributed by atoms with Crippen LogP contribution in [0.1, 0.15) is 39.1 Å². The van der Waals surface area contributed by atoms with Gasteiger partial charge in [0.25, 0.3) is 5.91 Å². The molecule has 2 aromatic rings. The number of nitrogens with zero attached hydrogens (tertiary/aromatic N) is 1. The fourth-order valence-electron chi connectivity index (χ4n) is 3.00. The number of Topliss-reactive ketones (excluding diaryl/α,β-unsaturated/α-hetero) is 1. The number of benzene rings is 2. The highest BCUT2D eigenvalue weighted by Gasteiger charge is 2.28. The van der Waals surface area contributed by atoms with Gasteiger partial charge in [0.15, 0.2) is 5.78 Å². The van der Waals surface area contributed by atoms with Crippen molar-refractivity contribution in [3.8, 4) is 0 Å². The van der Waals surface area contributed by atoms with Crippen LogP contribution in [0.3, 0.4) is 0 Å². The summed E-state index contributed by atoms with van der Waals surface area (Å²) in [6, 6.07) is 17.9. The van der Waals surface area contributed by atoms with E-state index in [0.717, 1.165) is 24.0 Å². The lowest BCUT2D eigenvalue weighted by Gasteiger charge is -2.31. The summed E-state index contributed by atoms with van der Waals surface area (Å²) in [5, 5.41) is 0. The maximum atomic E-state index is 12.5. The number of hydrogen-bond acceptors (Lipinski definition) is 2. The van der Waals surface area contributed by atoms with Gasteiger partial charge in [0.1, 0.15) is 0 Å². The SMILES string of the molecule is Cc1ccc(C(=O)C2CCN(C(=O)c3[c]cccc3)CC2)cc1. The van der Waals surface area contributed by atoms with Crippen LogP contribution in [0.4, 0.5) is 0 Å². The summed E-state index contributed by atoms with van der Waals surface area (Å²) < 4.78 is 0. The van der Waals surface area contributed by atoms with Crippen LogP contribution >= 0.6 is 0 Å². The largest absolute Gasteiger partial charge is 0.339 e. The first-order valence-corrected chi connectivity index (χ1v) is 8.02. The lowest BCUT2D eigenvalue weighted by molar-refractivity contribution is 0.0650. The van der Waals surface area contributed by atoms with Crippen molar-refractivity contribution in [2.24, 2.45) is 5.92 Å². The molecule has 1 fully saturated rings. The second kappa shape index (κ2) is 6.78. The number of piperidine rings is 1. The molecule has 1 heterocycles. The number of carbonyl (C=O) groups excluding carboxylic acids is 2.